The minimum atomic E-state index is -0.475. The number of thiophene rings is 1. The highest BCUT2D eigenvalue weighted by Gasteiger charge is 2.17. The molecule has 0 aliphatic carbocycles. The maximum Gasteiger partial charge on any atom is 0.279 e. The Morgan fingerprint density at radius 2 is 1.63 bits per heavy atom. The topological polar surface area (TPSA) is 76.7 Å². The Bertz CT molecular complexity index is 1020. The van der Waals surface area contributed by atoms with Crippen LogP contribution in [0, 0.1) is 5.82 Å². The maximum atomic E-state index is 13.0. The minimum absolute atomic E-state index is 0.117. The molecular formula is C19H13FN2O4S. The number of carbonyl (C=O) groups is 2. The van der Waals surface area contributed by atoms with Crippen LogP contribution in [-0.2, 0) is 0 Å². The van der Waals surface area contributed by atoms with Crippen molar-refractivity contribution in [3.8, 4) is 21.9 Å². The van der Waals surface area contributed by atoms with E-state index in [0.29, 0.717) is 21.9 Å². The van der Waals surface area contributed by atoms with Gasteiger partial charge < -0.3 is 9.47 Å². The van der Waals surface area contributed by atoms with Gasteiger partial charge in [0.25, 0.3) is 11.8 Å². The first-order chi connectivity index (χ1) is 13.1. The lowest BCUT2D eigenvalue weighted by Gasteiger charge is -2.07. The molecule has 8 heteroatoms. The SMILES string of the molecule is O=C(NNC(=O)c1ccc(-c2ccc(F)cc2)s1)c1ccc2c(c1)OCO2. The van der Waals surface area contributed by atoms with E-state index >= 15 is 0 Å². The summed E-state index contributed by atoms with van der Waals surface area (Å²) in [5.74, 6) is -0.183. The van der Waals surface area contributed by atoms with E-state index in [-0.39, 0.29) is 12.6 Å². The highest BCUT2D eigenvalue weighted by atomic mass is 32.1. The average Bonchev–Trinajstić information content (AvgIpc) is 3.35. The van der Waals surface area contributed by atoms with Gasteiger partial charge in [-0.05, 0) is 48.0 Å². The van der Waals surface area contributed by atoms with Crippen LogP contribution in [0.4, 0.5) is 4.39 Å². The van der Waals surface area contributed by atoms with Crippen LogP contribution < -0.4 is 20.3 Å². The third-order valence-electron chi connectivity index (χ3n) is 3.88. The summed E-state index contributed by atoms with van der Waals surface area (Å²) in [6, 6.07) is 14.2. The smallest absolute Gasteiger partial charge is 0.279 e. The monoisotopic (exact) mass is 384 g/mol. The van der Waals surface area contributed by atoms with Crippen LogP contribution in [0.25, 0.3) is 10.4 Å². The van der Waals surface area contributed by atoms with Gasteiger partial charge in [0.1, 0.15) is 5.82 Å². The van der Waals surface area contributed by atoms with Crippen LogP contribution in [0.3, 0.4) is 0 Å². The number of hydrogen-bond acceptors (Lipinski definition) is 5. The first kappa shape index (κ1) is 17.0. The number of fused-ring (bicyclic) bond motifs is 1. The second kappa shape index (κ2) is 7.08. The van der Waals surface area contributed by atoms with E-state index in [9.17, 15) is 14.0 Å². The standard InChI is InChI=1S/C19H13FN2O4S/c20-13-4-1-11(2-5-13)16-7-8-17(27-16)19(24)22-21-18(23)12-3-6-14-15(9-12)26-10-25-14/h1-9H,10H2,(H,21,23)(H,22,24). The molecule has 0 spiro atoms. The van der Waals surface area contributed by atoms with E-state index in [1.807, 2.05) is 0 Å². The third kappa shape index (κ3) is 3.61. The Kier molecular flexibility index (Phi) is 4.47. The molecule has 1 aliphatic heterocycles. The van der Waals surface area contributed by atoms with Gasteiger partial charge in [0.15, 0.2) is 11.5 Å². The molecule has 2 aromatic carbocycles. The molecule has 1 aromatic heterocycles. The maximum absolute atomic E-state index is 13.0. The van der Waals surface area contributed by atoms with Gasteiger partial charge in [-0.1, -0.05) is 12.1 Å². The van der Waals surface area contributed by atoms with Crippen molar-refractivity contribution in [3.05, 3.63) is 70.9 Å². The van der Waals surface area contributed by atoms with Crippen LogP contribution in [-0.4, -0.2) is 18.6 Å². The van der Waals surface area contributed by atoms with E-state index in [1.165, 1.54) is 23.5 Å². The van der Waals surface area contributed by atoms with Crippen molar-refractivity contribution in [1.82, 2.24) is 10.9 Å². The molecule has 0 radical (unpaired) electrons. The van der Waals surface area contributed by atoms with Gasteiger partial charge in [0.05, 0.1) is 4.88 Å². The predicted octanol–water partition coefficient (Wildman–Crippen LogP) is 3.36. The van der Waals surface area contributed by atoms with Crippen molar-refractivity contribution in [3.63, 3.8) is 0 Å². The van der Waals surface area contributed by atoms with Crippen molar-refractivity contribution in [2.75, 3.05) is 6.79 Å². The molecule has 2 heterocycles. The average molecular weight is 384 g/mol. The molecule has 4 rings (SSSR count). The number of rotatable bonds is 3. The number of benzene rings is 2. The molecule has 0 saturated heterocycles. The van der Waals surface area contributed by atoms with Gasteiger partial charge in [-0.15, -0.1) is 11.3 Å². The highest BCUT2D eigenvalue weighted by molar-refractivity contribution is 7.17. The molecule has 136 valence electrons. The van der Waals surface area contributed by atoms with E-state index in [0.717, 1.165) is 10.4 Å². The number of amides is 2. The normalized spacial score (nSPS) is 11.9. The molecule has 2 N–H and O–H groups in total. The second-order valence-electron chi connectivity index (χ2n) is 5.65. The summed E-state index contributed by atoms with van der Waals surface area (Å²) in [6.45, 7) is 0.117. The molecule has 6 nitrogen and oxygen atoms in total. The van der Waals surface area contributed by atoms with Crippen molar-refractivity contribution in [1.29, 1.82) is 0 Å². The largest absolute Gasteiger partial charge is 0.454 e. The number of hydrogen-bond donors (Lipinski definition) is 2. The molecule has 0 fully saturated rings. The lowest BCUT2D eigenvalue weighted by molar-refractivity contribution is 0.0849. The number of halogens is 1. The second-order valence-corrected chi connectivity index (χ2v) is 6.73. The van der Waals surface area contributed by atoms with Crippen LogP contribution in [0.1, 0.15) is 20.0 Å². The Morgan fingerprint density at radius 1 is 0.889 bits per heavy atom. The summed E-state index contributed by atoms with van der Waals surface area (Å²) in [4.78, 5) is 25.7. The predicted molar refractivity (Wildman–Crippen MR) is 97.2 cm³/mol. The molecule has 0 saturated carbocycles. The zero-order valence-electron chi connectivity index (χ0n) is 13.8. The Labute approximate surface area is 157 Å². The molecule has 0 bridgehead atoms. The Morgan fingerprint density at radius 3 is 2.44 bits per heavy atom. The van der Waals surface area contributed by atoms with Crippen LogP contribution >= 0.6 is 11.3 Å². The van der Waals surface area contributed by atoms with Crippen LogP contribution in [0.15, 0.2) is 54.6 Å². The summed E-state index contributed by atoms with van der Waals surface area (Å²) in [5.41, 5.74) is 5.89. The number of nitrogens with one attached hydrogen (secondary N) is 2. The van der Waals surface area contributed by atoms with Gasteiger partial charge >= 0.3 is 0 Å². The molecule has 27 heavy (non-hydrogen) atoms. The van der Waals surface area contributed by atoms with Crippen molar-refractivity contribution < 1.29 is 23.5 Å². The molecule has 0 unspecified atom stereocenters. The summed E-state index contributed by atoms with van der Waals surface area (Å²) in [6.07, 6.45) is 0. The Hall–Kier alpha value is -3.39. The molecule has 3 aromatic rings. The van der Waals surface area contributed by atoms with E-state index in [4.69, 9.17) is 9.47 Å². The van der Waals surface area contributed by atoms with E-state index < -0.39 is 11.8 Å². The summed E-state index contributed by atoms with van der Waals surface area (Å²) >= 11 is 1.24. The van der Waals surface area contributed by atoms with E-state index in [1.54, 1.807) is 42.5 Å². The van der Waals surface area contributed by atoms with Gasteiger partial charge in [0.2, 0.25) is 6.79 Å². The van der Waals surface area contributed by atoms with Crippen LogP contribution in [0.2, 0.25) is 0 Å². The Balaban J connectivity index is 1.39. The lowest BCUT2D eigenvalue weighted by atomic mass is 10.2. The van der Waals surface area contributed by atoms with Crippen molar-refractivity contribution >= 4 is 23.2 Å². The van der Waals surface area contributed by atoms with Crippen molar-refractivity contribution in [2.24, 2.45) is 0 Å². The summed E-state index contributed by atoms with van der Waals surface area (Å²) in [7, 11) is 0. The fraction of sp³-hybridized carbons (Fsp3) is 0.0526. The summed E-state index contributed by atoms with van der Waals surface area (Å²) < 4.78 is 23.4. The highest BCUT2D eigenvalue weighted by Crippen LogP contribution is 2.32. The van der Waals surface area contributed by atoms with E-state index in [2.05, 4.69) is 10.9 Å². The molecule has 1 aliphatic rings. The van der Waals surface area contributed by atoms with Crippen LogP contribution in [0.5, 0.6) is 11.5 Å². The fourth-order valence-electron chi connectivity index (χ4n) is 2.51. The number of carbonyl (C=O) groups excluding carboxylic acids is 2. The van der Waals surface area contributed by atoms with Gasteiger partial charge in [0, 0.05) is 10.4 Å². The van der Waals surface area contributed by atoms with Gasteiger partial charge in [-0.3, -0.25) is 20.4 Å². The van der Waals surface area contributed by atoms with Gasteiger partial charge in [-0.25, -0.2) is 4.39 Å². The van der Waals surface area contributed by atoms with Crippen molar-refractivity contribution in [2.45, 2.75) is 0 Å². The molecular weight excluding hydrogens is 371 g/mol. The first-order valence-electron chi connectivity index (χ1n) is 7.96. The lowest BCUT2D eigenvalue weighted by Crippen LogP contribution is -2.41. The number of hydrazine groups is 1. The minimum Gasteiger partial charge on any atom is -0.454 e. The molecule has 0 atom stereocenters. The first-order valence-corrected chi connectivity index (χ1v) is 8.78. The fourth-order valence-corrected chi connectivity index (χ4v) is 3.42. The quantitative estimate of drug-likeness (QED) is 0.679. The zero-order chi connectivity index (χ0) is 18.8. The third-order valence-corrected chi connectivity index (χ3v) is 5.02. The number of ether oxygens (including phenoxy) is 2. The zero-order valence-corrected chi connectivity index (χ0v) is 14.6. The summed E-state index contributed by atoms with van der Waals surface area (Å²) in [5, 5.41) is 0. The van der Waals surface area contributed by atoms with Gasteiger partial charge in [-0.2, -0.15) is 0 Å². The molecule has 2 amide bonds.